The van der Waals surface area contributed by atoms with Crippen molar-refractivity contribution in [3.8, 4) is 11.3 Å². The number of hydrogen-bond acceptors (Lipinski definition) is 3. The molecular weight excluding hydrogens is 238 g/mol. The molecule has 94 valence electrons. The highest BCUT2D eigenvalue weighted by Gasteiger charge is 2.21. The van der Waals surface area contributed by atoms with Gasteiger partial charge in [0, 0.05) is 29.2 Å². The monoisotopic (exact) mass is 251 g/mol. The Morgan fingerprint density at radius 1 is 1.16 bits per heavy atom. The molecule has 3 aromatic rings. The van der Waals surface area contributed by atoms with Gasteiger partial charge in [0.1, 0.15) is 6.33 Å². The second-order valence-electron chi connectivity index (χ2n) is 4.64. The average molecular weight is 251 g/mol. The predicted octanol–water partition coefficient (Wildman–Crippen LogP) is 2.63. The third kappa shape index (κ3) is 1.57. The van der Waals surface area contributed by atoms with Crippen LogP contribution in [0.2, 0.25) is 0 Å². The predicted molar refractivity (Wildman–Crippen MR) is 72.6 cm³/mol. The van der Waals surface area contributed by atoms with Crippen molar-refractivity contribution >= 4 is 10.9 Å². The smallest absolute Gasteiger partial charge is 0.116 e. The van der Waals surface area contributed by atoms with Gasteiger partial charge in [0.25, 0.3) is 0 Å². The first-order valence-electron chi connectivity index (χ1n) is 6.39. The molecule has 4 nitrogen and oxygen atoms in total. The van der Waals surface area contributed by atoms with Crippen molar-refractivity contribution in [1.82, 2.24) is 14.5 Å². The van der Waals surface area contributed by atoms with Crippen LogP contribution in [-0.2, 0) is 17.9 Å². The molecule has 0 amide bonds. The van der Waals surface area contributed by atoms with E-state index in [9.17, 15) is 0 Å². The molecule has 4 rings (SSSR count). The van der Waals surface area contributed by atoms with Crippen molar-refractivity contribution in [2.24, 2.45) is 0 Å². The van der Waals surface area contributed by atoms with Crippen LogP contribution in [-0.4, -0.2) is 21.1 Å². The molecule has 0 saturated carbocycles. The van der Waals surface area contributed by atoms with Crippen LogP contribution in [0, 0.1) is 0 Å². The van der Waals surface area contributed by atoms with E-state index in [0.717, 1.165) is 18.8 Å². The molecule has 19 heavy (non-hydrogen) atoms. The quantitative estimate of drug-likeness (QED) is 0.667. The highest BCUT2D eigenvalue weighted by Crippen LogP contribution is 2.35. The van der Waals surface area contributed by atoms with Crippen molar-refractivity contribution in [3.63, 3.8) is 0 Å². The topological polar surface area (TPSA) is 39.9 Å². The summed E-state index contributed by atoms with van der Waals surface area (Å²) in [4.78, 5) is 8.40. The fourth-order valence-corrected chi connectivity index (χ4v) is 2.81. The molecule has 1 aromatic carbocycles. The maximum Gasteiger partial charge on any atom is 0.116 e. The van der Waals surface area contributed by atoms with Gasteiger partial charge < -0.3 is 9.30 Å². The highest BCUT2D eigenvalue weighted by atomic mass is 16.5. The van der Waals surface area contributed by atoms with Gasteiger partial charge in [-0.3, -0.25) is 0 Å². The lowest BCUT2D eigenvalue weighted by Gasteiger charge is -2.17. The van der Waals surface area contributed by atoms with Crippen LogP contribution < -0.4 is 0 Å². The van der Waals surface area contributed by atoms with Crippen LogP contribution in [0.4, 0.5) is 0 Å². The number of para-hydroxylation sites is 1. The molecule has 4 heteroatoms. The van der Waals surface area contributed by atoms with E-state index < -0.39 is 0 Å². The molecule has 1 aliphatic rings. The molecular formula is C15H13N3O. The van der Waals surface area contributed by atoms with Crippen LogP contribution in [0.25, 0.3) is 22.2 Å². The van der Waals surface area contributed by atoms with E-state index >= 15 is 0 Å². The number of aromatic nitrogens is 3. The molecule has 0 N–H and O–H groups in total. The minimum absolute atomic E-state index is 0.647. The summed E-state index contributed by atoms with van der Waals surface area (Å²) < 4.78 is 7.97. The number of ether oxygens (including phenoxy) is 1. The summed E-state index contributed by atoms with van der Waals surface area (Å²) in [5, 5.41) is 1.24. The standard InChI is InChI=1S/C15H13N3O/c1-2-4-13-11(3-1)15(12-5-6-16-10-17-12)14-9-19-8-7-18(13)14/h1-6,10H,7-9H2. The SMILES string of the molecule is c1ccc2c(c1)c(-c1ccncn1)c1n2CCOC1. The molecule has 0 spiro atoms. The molecule has 0 saturated heterocycles. The molecule has 2 aromatic heterocycles. The summed E-state index contributed by atoms with van der Waals surface area (Å²) in [5.41, 5.74) is 4.61. The largest absolute Gasteiger partial charge is 0.373 e. The van der Waals surface area contributed by atoms with Gasteiger partial charge in [-0.05, 0) is 12.1 Å². The molecule has 3 heterocycles. The van der Waals surface area contributed by atoms with Crippen molar-refractivity contribution in [1.29, 1.82) is 0 Å². The van der Waals surface area contributed by atoms with Crippen molar-refractivity contribution in [2.75, 3.05) is 6.61 Å². The Kier molecular flexibility index (Phi) is 2.35. The second kappa shape index (κ2) is 4.17. The third-order valence-corrected chi connectivity index (χ3v) is 3.61. The Hall–Kier alpha value is -2.20. The van der Waals surface area contributed by atoms with Gasteiger partial charge >= 0.3 is 0 Å². The number of rotatable bonds is 1. The Morgan fingerprint density at radius 3 is 3.00 bits per heavy atom. The van der Waals surface area contributed by atoms with E-state index in [-0.39, 0.29) is 0 Å². The van der Waals surface area contributed by atoms with E-state index in [2.05, 4.69) is 38.8 Å². The summed E-state index contributed by atoms with van der Waals surface area (Å²) in [6, 6.07) is 10.4. The van der Waals surface area contributed by atoms with Gasteiger partial charge in [-0.1, -0.05) is 18.2 Å². The van der Waals surface area contributed by atoms with E-state index in [1.54, 1.807) is 12.5 Å². The zero-order valence-electron chi connectivity index (χ0n) is 10.4. The summed E-state index contributed by atoms with van der Waals surface area (Å²) in [6.45, 7) is 2.32. The van der Waals surface area contributed by atoms with Crippen LogP contribution in [0.15, 0.2) is 42.9 Å². The fourth-order valence-electron chi connectivity index (χ4n) is 2.81. The summed E-state index contributed by atoms with van der Waals surface area (Å²) in [7, 11) is 0. The lowest BCUT2D eigenvalue weighted by atomic mass is 10.1. The van der Waals surface area contributed by atoms with Crippen molar-refractivity contribution in [3.05, 3.63) is 48.5 Å². The van der Waals surface area contributed by atoms with Crippen LogP contribution in [0.5, 0.6) is 0 Å². The van der Waals surface area contributed by atoms with Gasteiger partial charge in [-0.15, -0.1) is 0 Å². The summed E-state index contributed by atoms with van der Waals surface area (Å²) in [6.07, 6.45) is 3.38. The first kappa shape index (κ1) is 10.7. The molecule has 0 atom stereocenters. The van der Waals surface area contributed by atoms with Crippen LogP contribution in [0.1, 0.15) is 5.69 Å². The highest BCUT2D eigenvalue weighted by molar-refractivity contribution is 5.97. The van der Waals surface area contributed by atoms with Gasteiger partial charge in [0.15, 0.2) is 0 Å². The maximum absolute atomic E-state index is 5.62. The minimum Gasteiger partial charge on any atom is -0.373 e. The molecule has 0 unspecified atom stereocenters. The zero-order valence-corrected chi connectivity index (χ0v) is 10.4. The Bertz CT molecular complexity index is 734. The van der Waals surface area contributed by atoms with E-state index in [0.29, 0.717) is 6.61 Å². The van der Waals surface area contributed by atoms with Crippen molar-refractivity contribution in [2.45, 2.75) is 13.2 Å². The number of benzene rings is 1. The second-order valence-corrected chi connectivity index (χ2v) is 4.64. The van der Waals surface area contributed by atoms with E-state index in [4.69, 9.17) is 4.74 Å². The molecule has 0 fully saturated rings. The van der Waals surface area contributed by atoms with Crippen molar-refractivity contribution < 1.29 is 4.74 Å². The maximum atomic E-state index is 5.62. The molecule has 1 aliphatic heterocycles. The Morgan fingerprint density at radius 2 is 2.11 bits per heavy atom. The number of fused-ring (bicyclic) bond motifs is 3. The average Bonchev–Trinajstić information content (AvgIpc) is 2.83. The third-order valence-electron chi connectivity index (χ3n) is 3.61. The first-order valence-corrected chi connectivity index (χ1v) is 6.39. The summed E-state index contributed by atoms with van der Waals surface area (Å²) in [5.74, 6) is 0. The van der Waals surface area contributed by atoms with Crippen LogP contribution in [0.3, 0.4) is 0 Å². The van der Waals surface area contributed by atoms with Gasteiger partial charge in [-0.2, -0.15) is 0 Å². The minimum atomic E-state index is 0.647. The molecule has 0 bridgehead atoms. The Labute approximate surface area is 110 Å². The van der Waals surface area contributed by atoms with E-state index in [1.807, 2.05) is 6.07 Å². The van der Waals surface area contributed by atoms with Gasteiger partial charge in [0.05, 0.1) is 24.6 Å². The zero-order chi connectivity index (χ0) is 12.7. The summed E-state index contributed by atoms with van der Waals surface area (Å²) >= 11 is 0. The number of hydrogen-bond donors (Lipinski definition) is 0. The normalized spacial score (nSPS) is 14.5. The Balaban J connectivity index is 2.09. The van der Waals surface area contributed by atoms with Gasteiger partial charge in [0.2, 0.25) is 0 Å². The number of nitrogens with zero attached hydrogens (tertiary/aromatic N) is 3. The lowest BCUT2D eigenvalue weighted by molar-refractivity contribution is 0.0869. The van der Waals surface area contributed by atoms with Gasteiger partial charge in [-0.25, -0.2) is 9.97 Å². The first-order chi connectivity index (χ1) is 9.45. The fraction of sp³-hybridized carbons (Fsp3) is 0.200. The molecule has 0 aliphatic carbocycles. The lowest BCUT2D eigenvalue weighted by Crippen LogP contribution is -2.16. The van der Waals surface area contributed by atoms with E-state index in [1.165, 1.54) is 22.2 Å². The van der Waals surface area contributed by atoms with Crippen LogP contribution >= 0.6 is 0 Å². The molecule has 0 radical (unpaired) electrons.